The zero-order valence-corrected chi connectivity index (χ0v) is 20.8. The first kappa shape index (κ1) is 29.2. The molecule has 0 heterocycles. The number of amides is 1. The Morgan fingerprint density at radius 1 is 1.05 bits per heavy atom. The van der Waals surface area contributed by atoms with E-state index in [9.17, 15) is 15.0 Å². The van der Waals surface area contributed by atoms with Gasteiger partial charge in [-0.15, -0.1) is 5.10 Å². The van der Waals surface area contributed by atoms with Crippen LogP contribution in [0.2, 0.25) is 0 Å². The van der Waals surface area contributed by atoms with Crippen molar-refractivity contribution in [1.82, 2.24) is 5.48 Å². The van der Waals surface area contributed by atoms with Gasteiger partial charge in [0.15, 0.2) is 0 Å². The number of aryl methyl sites for hydroxylation is 1. The minimum Gasteiger partial charge on any atom is -0.507 e. The van der Waals surface area contributed by atoms with Crippen LogP contribution in [0.25, 0.3) is 16.7 Å². The van der Waals surface area contributed by atoms with Crippen molar-refractivity contribution in [2.24, 2.45) is 52.1 Å². The monoisotopic (exact) mass is 528 g/mol. The number of rotatable bonds is 9. The van der Waals surface area contributed by atoms with E-state index < -0.39 is 11.7 Å². The number of phenols is 2. The number of benzene rings is 2. The van der Waals surface area contributed by atoms with Gasteiger partial charge >= 0.3 is 0 Å². The first-order chi connectivity index (χ1) is 18.8. The molecule has 196 valence electrons. The number of hydroxylamine groups is 1. The number of phenolic OH excluding ortho intramolecular Hbond substituents is 2. The molecule has 0 spiro atoms. The van der Waals surface area contributed by atoms with Gasteiger partial charge in [0, 0.05) is 5.56 Å². The summed E-state index contributed by atoms with van der Waals surface area (Å²) in [5.41, 5.74) is 11.0. The van der Waals surface area contributed by atoms with Gasteiger partial charge in [0.05, 0.1) is 18.2 Å². The molecular formula is C23H20N12O4. The average Bonchev–Trinajstić information content (AvgIpc) is 2.88. The summed E-state index contributed by atoms with van der Waals surface area (Å²) in [4.78, 5) is 17.4. The second-order valence-corrected chi connectivity index (χ2v) is 7.09. The maximum Gasteiger partial charge on any atom is 0.279 e. The number of carbonyl (C=O) groups is 1. The molecule has 39 heavy (non-hydrogen) atoms. The summed E-state index contributed by atoms with van der Waals surface area (Å²) < 4.78 is 0. The predicted molar refractivity (Wildman–Crippen MR) is 137 cm³/mol. The molecule has 2 aromatic carbocycles. The number of carbonyl (C=O) groups excluding carboxylic acids is 1. The standard InChI is InChI=1S/C23H20N12O4/c1-14(2)17-10-9-15(3)12-18(17)21-19(36)13-16(20(22(21)37)23(38)26-39-4)8-6-5-7-11-25-28-30-32-34-35-33-31-29-27-24/h9-13,24,36-37H,1H2,2-4H3,(H,26,38)/b25-11+,27-24?,30-28+,31-29+,34-32+,35-33+. The molecular weight excluding hydrogens is 508 g/mol. The van der Waals surface area contributed by atoms with Crippen molar-refractivity contribution in [2.75, 3.05) is 7.11 Å². The van der Waals surface area contributed by atoms with Crippen LogP contribution in [0.15, 0.2) is 83.0 Å². The Bertz CT molecular complexity index is 1540. The number of nitrogens with zero attached hydrogens (tertiary/aromatic N) is 10. The predicted octanol–water partition coefficient (Wildman–Crippen LogP) is 5.24. The summed E-state index contributed by atoms with van der Waals surface area (Å²) in [6.45, 7) is 7.59. The molecule has 0 unspecified atom stereocenters. The van der Waals surface area contributed by atoms with E-state index in [1.165, 1.54) is 13.2 Å². The van der Waals surface area contributed by atoms with Crippen LogP contribution in [0.3, 0.4) is 0 Å². The van der Waals surface area contributed by atoms with Gasteiger partial charge in [-0.2, -0.15) is 5.53 Å². The van der Waals surface area contributed by atoms with E-state index in [1.54, 1.807) is 13.0 Å². The van der Waals surface area contributed by atoms with Crippen LogP contribution in [-0.2, 0) is 4.84 Å². The lowest BCUT2D eigenvalue weighted by atomic mass is 9.90. The highest BCUT2D eigenvalue weighted by molar-refractivity contribution is 6.03. The molecule has 0 saturated heterocycles. The zero-order chi connectivity index (χ0) is 28.6. The van der Waals surface area contributed by atoms with Crippen molar-refractivity contribution in [2.45, 2.75) is 13.8 Å². The summed E-state index contributed by atoms with van der Waals surface area (Å²) in [5.74, 6) is 8.40. The number of hydrogen-bond donors (Lipinski definition) is 4. The normalized spacial score (nSPS) is 11.2. The van der Waals surface area contributed by atoms with Gasteiger partial charge in [-0.3, -0.25) is 9.63 Å². The van der Waals surface area contributed by atoms with Crippen LogP contribution >= 0.6 is 0 Å². The molecule has 0 aliphatic carbocycles. The third-order valence-electron chi connectivity index (χ3n) is 4.44. The van der Waals surface area contributed by atoms with E-state index in [4.69, 9.17) is 10.4 Å². The van der Waals surface area contributed by atoms with Gasteiger partial charge in [0.2, 0.25) is 0 Å². The van der Waals surface area contributed by atoms with Crippen LogP contribution in [0.4, 0.5) is 0 Å². The fourth-order valence-corrected chi connectivity index (χ4v) is 3.00. The van der Waals surface area contributed by atoms with Crippen molar-refractivity contribution in [1.29, 1.82) is 5.53 Å². The third-order valence-corrected chi connectivity index (χ3v) is 4.44. The lowest BCUT2D eigenvalue weighted by molar-refractivity contribution is 0.0535. The number of aromatic hydroxyl groups is 2. The fraction of sp³-hybridized carbons (Fsp3) is 0.130. The zero-order valence-electron chi connectivity index (χ0n) is 20.8. The van der Waals surface area contributed by atoms with Gasteiger partial charge in [0.25, 0.3) is 5.91 Å². The highest BCUT2D eigenvalue weighted by atomic mass is 16.6. The molecule has 0 radical (unpaired) electrons. The summed E-state index contributed by atoms with van der Waals surface area (Å²) in [7, 11) is 1.24. The summed E-state index contributed by atoms with van der Waals surface area (Å²) >= 11 is 0. The summed E-state index contributed by atoms with van der Waals surface area (Å²) in [6.07, 6.45) is 1.05. The largest absolute Gasteiger partial charge is 0.507 e. The SMILES string of the molecule is C=C(C)c1ccc(C)cc1-c1c(O)cc(C#CC#C/C=N/N=N/N=N/N=N/N=N/N=N)c(C(=O)NOC)c1O. The van der Waals surface area contributed by atoms with E-state index >= 15 is 0 Å². The average molecular weight is 528 g/mol. The minimum atomic E-state index is -0.789. The van der Waals surface area contributed by atoms with Gasteiger partial charge in [-0.05, 0) is 95.8 Å². The molecule has 1 amide bonds. The van der Waals surface area contributed by atoms with Crippen LogP contribution in [0.5, 0.6) is 11.5 Å². The van der Waals surface area contributed by atoms with E-state index in [0.717, 1.165) is 11.8 Å². The van der Waals surface area contributed by atoms with E-state index in [0.29, 0.717) is 16.7 Å². The van der Waals surface area contributed by atoms with Crippen LogP contribution in [0, 0.1) is 36.1 Å². The van der Waals surface area contributed by atoms with Crippen molar-refractivity contribution >= 4 is 17.7 Å². The molecule has 0 bridgehead atoms. The van der Waals surface area contributed by atoms with E-state index in [2.05, 4.69) is 87.9 Å². The second-order valence-electron chi connectivity index (χ2n) is 7.09. The summed E-state index contributed by atoms with van der Waals surface area (Å²) in [5, 5.41) is 52.3. The second kappa shape index (κ2) is 15.2. The van der Waals surface area contributed by atoms with Crippen LogP contribution < -0.4 is 5.48 Å². The Balaban J connectivity index is 2.37. The van der Waals surface area contributed by atoms with Crippen molar-refractivity contribution in [3.8, 4) is 46.3 Å². The Hall–Kier alpha value is -6.00. The molecule has 16 heteroatoms. The highest BCUT2D eigenvalue weighted by Gasteiger charge is 2.25. The van der Waals surface area contributed by atoms with Crippen molar-refractivity contribution < 1.29 is 19.8 Å². The lowest BCUT2D eigenvalue weighted by Crippen LogP contribution is -2.23. The van der Waals surface area contributed by atoms with Crippen LogP contribution in [0.1, 0.15) is 34.0 Å². The quantitative estimate of drug-likeness (QED) is 0.148. The van der Waals surface area contributed by atoms with E-state index in [-0.39, 0.29) is 22.4 Å². The Labute approximate surface area is 221 Å². The first-order valence-corrected chi connectivity index (χ1v) is 10.5. The van der Waals surface area contributed by atoms with Gasteiger partial charge < -0.3 is 10.2 Å². The summed E-state index contributed by atoms with van der Waals surface area (Å²) in [6, 6.07) is 6.69. The smallest absolute Gasteiger partial charge is 0.279 e. The Morgan fingerprint density at radius 2 is 1.72 bits per heavy atom. The molecule has 16 nitrogen and oxygen atoms in total. The van der Waals surface area contributed by atoms with Crippen molar-refractivity contribution in [3.63, 3.8) is 0 Å². The Morgan fingerprint density at radius 3 is 2.36 bits per heavy atom. The van der Waals surface area contributed by atoms with Gasteiger partial charge in [0.1, 0.15) is 17.7 Å². The molecule has 4 N–H and O–H groups in total. The highest BCUT2D eigenvalue weighted by Crippen LogP contribution is 2.44. The maximum absolute atomic E-state index is 12.7. The molecule has 2 rings (SSSR count). The molecule has 0 aromatic heterocycles. The maximum atomic E-state index is 12.7. The minimum absolute atomic E-state index is 0.00994. The number of allylic oxidation sites excluding steroid dienone is 1. The molecule has 0 saturated carbocycles. The molecule has 0 atom stereocenters. The van der Waals surface area contributed by atoms with E-state index in [1.807, 2.05) is 19.1 Å². The van der Waals surface area contributed by atoms with Gasteiger partial charge in [-0.1, -0.05) is 41.8 Å². The molecule has 0 fully saturated rings. The Kier molecular flexibility index (Phi) is 11.4. The van der Waals surface area contributed by atoms with Gasteiger partial charge in [-0.25, -0.2) is 5.48 Å². The van der Waals surface area contributed by atoms with Crippen LogP contribution in [-0.4, -0.2) is 29.4 Å². The number of nitrogens with one attached hydrogen (secondary N) is 2. The third kappa shape index (κ3) is 8.56. The topological polar surface area (TPSA) is 226 Å². The number of hydrogen-bond acceptors (Lipinski definition) is 6. The first-order valence-electron chi connectivity index (χ1n) is 10.5. The fourth-order valence-electron chi connectivity index (χ4n) is 3.00. The molecule has 0 aliphatic rings. The molecule has 2 aromatic rings. The molecule has 0 aliphatic heterocycles. The lowest BCUT2D eigenvalue weighted by Gasteiger charge is -2.17. The van der Waals surface area contributed by atoms with Crippen molar-refractivity contribution in [3.05, 3.63) is 53.1 Å².